The van der Waals surface area contributed by atoms with Crippen molar-refractivity contribution in [3.8, 4) is 0 Å². The van der Waals surface area contributed by atoms with E-state index in [0.717, 1.165) is 30.5 Å². The van der Waals surface area contributed by atoms with Crippen molar-refractivity contribution >= 4 is 29.3 Å². The maximum Gasteiger partial charge on any atom is 0.337 e. The Morgan fingerprint density at radius 1 is 1.11 bits per heavy atom. The van der Waals surface area contributed by atoms with Gasteiger partial charge in [0.2, 0.25) is 0 Å². The molecule has 0 saturated heterocycles. The third-order valence-corrected chi connectivity index (χ3v) is 4.96. The summed E-state index contributed by atoms with van der Waals surface area (Å²) in [6.07, 6.45) is 2.90. The van der Waals surface area contributed by atoms with E-state index in [-0.39, 0.29) is 18.0 Å². The van der Waals surface area contributed by atoms with Gasteiger partial charge in [0.05, 0.1) is 25.8 Å². The van der Waals surface area contributed by atoms with E-state index in [9.17, 15) is 9.59 Å². The highest BCUT2D eigenvalue weighted by molar-refractivity contribution is 7.80. The Hall–Kier alpha value is -2.41. The number of nitrogens with one attached hydrogen (secondary N) is 1. The van der Waals surface area contributed by atoms with Crippen LogP contribution in [0.25, 0.3) is 0 Å². The predicted octanol–water partition coefficient (Wildman–Crippen LogP) is 3.10. The first-order chi connectivity index (χ1) is 13.0. The van der Waals surface area contributed by atoms with E-state index in [1.54, 1.807) is 0 Å². The normalized spacial score (nSPS) is 16.8. The second-order valence-corrected chi connectivity index (χ2v) is 6.71. The third-order valence-electron chi connectivity index (χ3n) is 4.62. The SMILES string of the molecule is COC(=O)CCCCCN1C(=S)N[C@@H](c2ccccc2)C(C(=O)OC)=C1C. The van der Waals surface area contributed by atoms with Crippen LogP contribution in [0, 0.1) is 0 Å². The lowest BCUT2D eigenvalue weighted by Gasteiger charge is -2.37. The van der Waals surface area contributed by atoms with E-state index in [1.165, 1.54) is 14.2 Å². The van der Waals surface area contributed by atoms with Gasteiger partial charge in [0, 0.05) is 18.7 Å². The minimum Gasteiger partial charge on any atom is -0.469 e. The van der Waals surface area contributed by atoms with Gasteiger partial charge in [0.1, 0.15) is 0 Å². The Balaban J connectivity index is 2.13. The number of hydrogen-bond acceptors (Lipinski definition) is 5. The average Bonchev–Trinajstić information content (AvgIpc) is 2.69. The van der Waals surface area contributed by atoms with Crippen molar-refractivity contribution in [3.63, 3.8) is 0 Å². The van der Waals surface area contributed by atoms with Gasteiger partial charge in [0.25, 0.3) is 0 Å². The fraction of sp³-hybridized carbons (Fsp3) is 0.450. The summed E-state index contributed by atoms with van der Waals surface area (Å²) in [6.45, 7) is 2.56. The lowest BCUT2D eigenvalue weighted by atomic mass is 9.95. The number of benzene rings is 1. The fourth-order valence-electron chi connectivity index (χ4n) is 3.14. The van der Waals surface area contributed by atoms with Gasteiger partial charge in [0.15, 0.2) is 5.11 Å². The van der Waals surface area contributed by atoms with Crippen molar-refractivity contribution in [1.82, 2.24) is 10.2 Å². The monoisotopic (exact) mass is 390 g/mol. The molecule has 6 nitrogen and oxygen atoms in total. The molecule has 0 fully saturated rings. The minimum atomic E-state index is -0.368. The van der Waals surface area contributed by atoms with Crippen molar-refractivity contribution in [2.45, 2.75) is 38.6 Å². The molecule has 2 rings (SSSR count). The number of hydrogen-bond donors (Lipinski definition) is 1. The molecule has 7 heteroatoms. The van der Waals surface area contributed by atoms with Crippen LogP contribution in [0.5, 0.6) is 0 Å². The van der Waals surface area contributed by atoms with Crippen LogP contribution in [-0.4, -0.2) is 42.7 Å². The number of rotatable bonds is 8. The summed E-state index contributed by atoms with van der Waals surface area (Å²) in [4.78, 5) is 25.6. The first-order valence-corrected chi connectivity index (χ1v) is 9.39. The molecule has 0 radical (unpaired) electrons. The summed E-state index contributed by atoms with van der Waals surface area (Å²) in [5.41, 5.74) is 2.32. The fourth-order valence-corrected chi connectivity index (χ4v) is 3.48. The second kappa shape index (κ2) is 10.1. The van der Waals surface area contributed by atoms with Crippen LogP contribution in [0.1, 0.15) is 44.2 Å². The zero-order valence-corrected chi connectivity index (χ0v) is 16.8. The Morgan fingerprint density at radius 2 is 1.81 bits per heavy atom. The average molecular weight is 391 g/mol. The summed E-state index contributed by atoms with van der Waals surface area (Å²) in [6, 6.07) is 9.37. The number of allylic oxidation sites excluding steroid dienone is 1. The van der Waals surface area contributed by atoms with Crippen LogP contribution in [-0.2, 0) is 19.1 Å². The molecular formula is C20H26N2O4S. The van der Waals surface area contributed by atoms with Crippen molar-refractivity contribution in [2.24, 2.45) is 0 Å². The maximum atomic E-state index is 12.5. The van der Waals surface area contributed by atoms with Gasteiger partial charge in [-0.05, 0) is 37.5 Å². The molecule has 1 aliphatic heterocycles. The largest absolute Gasteiger partial charge is 0.469 e. The topological polar surface area (TPSA) is 67.9 Å². The van der Waals surface area contributed by atoms with Gasteiger partial charge in [-0.1, -0.05) is 36.8 Å². The van der Waals surface area contributed by atoms with Gasteiger partial charge < -0.3 is 19.7 Å². The van der Waals surface area contributed by atoms with Crippen LogP contribution in [0.3, 0.4) is 0 Å². The third kappa shape index (κ3) is 5.29. The molecule has 0 aliphatic carbocycles. The zero-order valence-electron chi connectivity index (χ0n) is 16.0. The second-order valence-electron chi connectivity index (χ2n) is 6.32. The van der Waals surface area contributed by atoms with Crippen LogP contribution < -0.4 is 5.32 Å². The molecule has 1 aromatic rings. The van der Waals surface area contributed by atoms with Crippen LogP contribution >= 0.6 is 12.2 Å². The van der Waals surface area contributed by atoms with Gasteiger partial charge in [-0.2, -0.15) is 0 Å². The van der Waals surface area contributed by atoms with Gasteiger partial charge in [-0.3, -0.25) is 4.79 Å². The van der Waals surface area contributed by atoms with E-state index in [1.807, 2.05) is 42.2 Å². The molecule has 1 N–H and O–H groups in total. The number of nitrogens with zero attached hydrogens (tertiary/aromatic N) is 1. The van der Waals surface area contributed by atoms with Crippen LogP contribution in [0.15, 0.2) is 41.6 Å². The smallest absolute Gasteiger partial charge is 0.337 e. The molecular weight excluding hydrogens is 364 g/mol. The predicted molar refractivity (Wildman–Crippen MR) is 107 cm³/mol. The Labute approximate surface area is 165 Å². The molecule has 0 amide bonds. The Bertz CT molecular complexity index is 718. The summed E-state index contributed by atoms with van der Waals surface area (Å²) in [7, 11) is 2.78. The number of carbonyl (C=O) groups excluding carboxylic acids is 2. The zero-order chi connectivity index (χ0) is 19.8. The molecule has 27 heavy (non-hydrogen) atoms. The quantitative estimate of drug-likeness (QED) is 0.416. The summed E-state index contributed by atoms with van der Waals surface area (Å²) < 4.78 is 9.67. The van der Waals surface area contributed by atoms with Gasteiger partial charge >= 0.3 is 11.9 Å². The molecule has 1 heterocycles. The van der Waals surface area contributed by atoms with Crippen LogP contribution in [0.4, 0.5) is 0 Å². The molecule has 146 valence electrons. The number of carbonyl (C=O) groups is 2. The summed E-state index contributed by atoms with van der Waals surface area (Å²) in [5, 5.41) is 3.86. The lowest BCUT2D eigenvalue weighted by molar-refractivity contribution is -0.140. The Morgan fingerprint density at radius 3 is 2.44 bits per heavy atom. The van der Waals surface area contributed by atoms with Crippen molar-refractivity contribution < 1.29 is 19.1 Å². The lowest BCUT2D eigenvalue weighted by Crippen LogP contribution is -2.48. The molecule has 0 aromatic heterocycles. The van der Waals surface area contributed by atoms with Gasteiger partial charge in [-0.15, -0.1) is 0 Å². The molecule has 0 bridgehead atoms. The summed E-state index contributed by atoms with van der Waals surface area (Å²) in [5.74, 6) is -0.563. The Kier molecular flexibility index (Phi) is 7.79. The van der Waals surface area contributed by atoms with E-state index in [0.29, 0.717) is 23.7 Å². The number of esters is 2. The first kappa shape index (κ1) is 20.9. The molecule has 1 aliphatic rings. The number of thiocarbonyl (C=S) groups is 1. The van der Waals surface area contributed by atoms with E-state index < -0.39 is 0 Å². The van der Waals surface area contributed by atoms with E-state index in [2.05, 4.69) is 10.1 Å². The standard InChI is InChI=1S/C20H26N2O4S/c1-14-17(19(24)26-3)18(15-10-6-4-7-11-15)21-20(27)22(14)13-9-5-8-12-16(23)25-2/h4,6-7,10-11,18H,5,8-9,12-13H2,1-3H3,(H,21,27)/t18-/m0/s1. The van der Waals surface area contributed by atoms with Crippen molar-refractivity contribution in [3.05, 3.63) is 47.2 Å². The summed E-state index contributed by atoms with van der Waals surface area (Å²) >= 11 is 5.55. The van der Waals surface area contributed by atoms with Crippen molar-refractivity contribution in [2.75, 3.05) is 20.8 Å². The highest BCUT2D eigenvalue weighted by Gasteiger charge is 2.34. The molecule has 0 saturated carbocycles. The highest BCUT2D eigenvalue weighted by Crippen LogP contribution is 2.31. The molecule has 0 spiro atoms. The number of methoxy groups -OCH3 is 2. The minimum absolute atomic E-state index is 0.195. The van der Waals surface area contributed by atoms with Crippen molar-refractivity contribution in [1.29, 1.82) is 0 Å². The maximum absolute atomic E-state index is 12.5. The van der Waals surface area contributed by atoms with Gasteiger partial charge in [-0.25, -0.2) is 4.79 Å². The van der Waals surface area contributed by atoms with E-state index >= 15 is 0 Å². The van der Waals surface area contributed by atoms with E-state index in [4.69, 9.17) is 17.0 Å². The molecule has 1 atom stereocenters. The highest BCUT2D eigenvalue weighted by atomic mass is 32.1. The molecule has 0 unspecified atom stereocenters. The number of ether oxygens (including phenoxy) is 2. The van der Waals surface area contributed by atoms with Crippen LogP contribution in [0.2, 0.25) is 0 Å². The first-order valence-electron chi connectivity index (χ1n) is 8.98. The number of unbranched alkanes of at least 4 members (excludes halogenated alkanes) is 2. The molecule has 1 aromatic carbocycles.